The number of unbranched alkanes of at least 4 members (excludes halogenated alkanes) is 2. The summed E-state index contributed by atoms with van der Waals surface area (Å²) in [6.45, 7) is 2.24. The zero-order chi connectivity index (χ0) is 15.8. The molecule has 0 saturated heterocycles. The Bertz CT molecular complexity index is 606. The lowest BCUT2D eigenvalue weighted by Crippen LogP contribution is -1.97. The van der Waals surface area contributed by atoms with E-state index in [4.69, 9.17) is 14.4 Å². The van der Waals surface area contributed by atoms with Crippen molar-refractivity contribution in [2.24, 2.45) is 0 Å². The molecule has 0 amide bonds. The molecule has 0 unspecified atom stereocenters. The molecule has 2 aromatic rings. The quantitative estimate of drug-likeness (QED) is 0.714. The third kappa shape index (κ3) is 5.60. The fourth-order valence-corrected chi connectivity index (χ4v) is 2.22. The highest BCUT2D eigenvalue weighted by molar-refractivity contribution is 5.66. The summed E-state index contributed by atoms with van der Waals surface area (Å²) in [4.78, 5) is 10.4. The van der Waals surface area contributed by atoms with Gasteiger partial charge in [0.05, 0.1) is 0 Å². The summed E-state index contributed by atoms with van der Waals surface area (Å²) in [6.07, 6.45) is 3.83. The Balaban J connectivity index is 1.75. The SMILES string of the molecule is Cc1cc(COc2cccc(CCCCCC(=O)O)c2)no1. The molecule has 118 valence electrons. The van der Waals surface area contributed by atoms with Crippen LogP contribution in [-0.2, 0) is 17.8 Å². The maximum absolute atomic E-state index is 10.4. The van der Waals surface area contributed by atoms with Gasteiger partial charge in [-0.15, -0.1) is 0 Å². The first kappa shape index (κ1) is 16.1. The van der Waals surface area contributed by atoms with E-state index in [2.05, 4.69) is 11.2 Å². The summed E-state index contributed by atoms with van der Waals surface area (Å²) in [5.41, 5.74) is 1.97. The molecule has 1 N–H and O–H groups in total. The lowest BCUT2D eigenvalue weighted by atomic mass is 10.1. The van der Waals surface area contributed by atoms with Gasteiger partial charge in [-0.05, 0) is 43.9 Å². The zero-order valence-electron chi connectivity index (χ0n) is 12.7. The summed E-state index contributed by atoms with van der Waals surface area (Å²) in [5.74, 6) is 0.857. The van der Waals surface area contributed by atoms with Crippen LogP contribution in [0.5, 0.6) is 5.75 Å². The van der Waals surface area contributed by atoms with Crippen molar-refractivity contribution in [2.45, 2.75) is 45.6 Å². The Hall–Kier alpha value is -2.30. The van der Waals surface area contributed by atoms with Crippen molar-refractivity contribution in [3.63, 3.8) is 0 Å². The van der Waals surface area contributed by atoms with Gasteiger partial charge in [-0.2, -0.15) is 0 Å². The molecule has 5 nitrogen and oxygen atoms in total. The number of rotatable bonds is 9. The number of ether oxygens (including phenoxy) is 1. The number of carboxylic acids is 1. The zero-order valence-corrected chi connectivity index (χ0v) is 12.7. The standard InChI is InChI=1S/C17H21NO4/c1-13-10-15(18-22-13)12-21-16-8-5-7-14(11-16)6-3-2-4-9-17(19)20/h5,7-8,10-11H,2-4,6,9,12H2,1H3,(H,19,20). The fourth-order valence-electron chi connectivity index (χ4n) is 2.22. The number of hydrogen-bond acceptors (Lipinski definition) is 4. The van der Waals surface area contributed by atoms with Crippen LogP contribution in [0, 0.1) is 6.92 Å². The van der Waals surface area contributed by atoms with Crippen molar-refractivity contribution in [1.29, 1.82) is 0 Å². The molecule has 0 radical (unpaired) electrons. The third-order valence-corrected chi connectivity index (χ3v) is 3.32. The van der Waals surface area contributed by atoms with Gasteiger partial charge in [0, 0.05) is 12.5 Å². The molecule has 0 saturated carbocycles. The van der Waals surface area contributed by atoms with E-state index in [-0.39, 0.29) is 6.42 Å². The monoisotopic (exact) mass is 303 g/mol. The number of benzene rings is 1. The highest BCUT2D eigenvalue weighted by Gasteiger charge is 2.03. The van der Waals surface area contributed by atoms with Gasteiger partial charge < -0.3 is 14.4 Å². The molecule has 2 rings (SSSR count). The van der Waals surface area contributed by atoms with E-state index in [1.165, 1.54) is 5.56 Å². The molecule has 0 aliphatic carbocycles. The van der Waals surface area contributed by atoms with Crippen molar-refractivity contribution in [3.8, 4) is 5.75 Å². The fraction of sp³-hybridized carbons (Fsp3) is 0.412. The van der Waals surface area contributed by atoms with Gasteiger partial charge in [0.1, 0.15) is 23.8 Å². The molecule has 1 heterocycles. The van der Waals surface area contributed by atoms with E-state index in [1.54, 1.807) is 0 Å². The maximum atomic E-state index is 10.4. The number of nitrogens with zero attached hydrogens (tertiary/aromatic N) is 1. The van der Waals surface area contributed by atoms with E-state index >= 15 is 0 Å². The van der Waals surface area contributed by atoms with Gasteiger partial charge in [-0.3, -0.25) is 4.79 Å². The van der Waals surface area contributed by atoms with E-state index in [0.717, 1.165) is 42.9 Å². The second-order valence-corrected chi connectivity index (χ2v) is 5.32. The Kier molecular flexibility index (Phi) is 6.01. The average molecular weight is 303 g/mol. The van der Waals surface area contributed by atoms with Crippen molar-refractivity contribution in [2.75, 3.05) is 0 Å². The maximum Gasteiger partial charge on any atom is 0.303 e. The molecule has 0 spiro atoms. The predicted molar refractivity (Wildman–Crippen MR) is 81.8 cm³/mol. The molecule has 0 aliphatic heterocycles. The Morgan fingerprint density at radius 2 is 2.14 bits per heavy atom. The Morgan fingerprint density at radius 1 is 1.27 bits per heavy atom. The van der Waals surface area contributed by atoms with Gasteiger partial charge in [0.25, 0.3) is 0 Å². The van der Waals surface area contributed by atoms with Gasteiger partial charge in [0.2, 0.25) is 0 Å². The third-order valence-electron chi connectivity index (χ3n) is 3.32. The summed E-state index contributed by atoms with van der Waals surface area (Å²) in [5, 5.41) is 12.5. The first-order valence-corrected chi connectivity index (χ1v) is 7.49. The second-order valence-electron chi connectivity index (χ2n) is 5.32. The number of hydrogen-bond donors (Lipinski definition) is 1. The topological polar surface area (TPSA) is 72.6 Å². The smallest absolute Gasteiger partial charge is 0.303 e. The predicted octanol–water partition coefficient (Wildman–Crippen LogP) is 3.75. The lowest BCUT2D eigenvalue weighted by molar-refractivity contribution is -0.137. The van der Waals surface area contributed by atoms with Crippen LogP contribution >= 0.6 is 0 Å². The number of aliphatic carboxylic acids is 1. The molecule has 1 aromatic carbocycles. The minimum atomic E-state index is -0.724. The molecule has 0 bridgehead atoms. The molecule has 0 fully saturated rings. The molecule has 1 aromatic heterocycles. The molecule has 0 atom stereocenters. The molecule has 5 heteroatoms. The van der Waals surface area contributed by atoms with Crippen LogP contribution in [0.15, 0.2) is 34.9 Å². The van der Waals surface area contributed by atoms with E-state index < -0.39 is 5.97 Å². The van der Waals surface area contributed by atoms with E-state index in [1.807, 2.05) is 31.2 Å². The first-order chi connectivity index (χ1) is 10.6. The number of carbonyl (C=O) groups is 1. The van der Waals surface area contributed by atoms with Crippen LogP contribution in [-0.4, -0.2) is 16.2 Å². The normalized spacial score (nSPS) is 10.6. The Morgan fingerprint density at radius 3 is 2.86 bits per heavy atom. The number of aromatic nitrogens is 1. The summed E-state index contributed by atoms with van der Waals surface area (Å²) >= 11 is 0. The largest absolute Gasteiger partial charge is 0.487 e. The van der Waals surface area contributed by atoms with Crippen molar-refractivity contribution < 1.29 is 19.2 Å². The van der Waals surface area contributed by atoms with Crippen LogP contribution in [0.3, 0.4) is 0 Å². The first-order valence-electron chi connectivity index (χ1n) is 7.49. The highest BCUT2D eigenvalue weighted by Crippen LogP contribution is 2.17. The summed E-state index contributed by atoms with van der Waals surface area (Å²) in [6, 6.07) is 9.82. The molecule has 0 aliphatic rings. The van der Waals surface area contributed by atoms with Gasteiger partial charge in [-0.1, -0.05) is 23.7 Å². The van der Waals surface area contributed by atoms with Crippen LogP contribution in [0.4, 0.5) is 0 Å². The molecular weight excluding hydrogens is 282 g/mol. The minimum Gasteiger partial charge on any atom is -0.487 e. The van der Waals surface area contributed by atoms with Crippen LogP contribution < -0.4 is 4.74 Å². The minimum absolute atomic E-state index is 0.250. The van der Waals surface area contributed by atoms with Crippen LogP contribution in [0.25, 0.3) is 0 Å². The molecular formula is C17H21NO4. The summed E-state index contributed by atoms with van der Waals surface area (Å²) in [7, 11) is 0. The van der Waals surface area contributed by atoms with Crippen molar-refractivity contribution in [1.82, 2.24) is 5.16 Å². The van der Waals surface area contributed by atoms with Crippen molar-refractivity contribution in [3.05, 3.63) is 47.3 Å². The van der Waals surface area contributed by atoms with Gasteiger partial charge in [0.15, 0.2) is 0 Å². The van der Waals surface area contributed by atoms with Gasteiger partial charge in [-0.25, -0.2) is 0 Å². The molecule has 22 heavy (non-hydrogen) atoms. The van der Waals surface area contributed by atoms with Crippen LogP contribution in [0.1, 0.15) is 42.7 Å². The van der Waals surface area contributed by atoms with Crippen LogP contribution in [0.2, 0.25) is 0 Å². The van der Waals surface area contributed by atoms with Gasteiger partial charge >= 0.3 is 5.97 Å². The van der Waals surface area contributed by atoms with E-state index in [0.29, 0.717) is 6.61 Å². The number of carboxylic acid groups (broad SMARTS) is 1. The highest BCUT2D eigenvalue weighted by atomic mass is 16.5. The second kappa shape index (κ2) is 8.22. The van der Waals surface area contributed by atoms with Crippen molar-refractivity contribution >= 4 is 5.97 Å². The van der Waals surface area contributed by atoms with E-state index in [9.17, 15) is 4.79 Å². The number of aryl methyl sites for hydroxylation is 2. The lowest BCUT2D eigenvalue weighted by Gasteiger charge is -2.06. The Labute approximate surface area is 129 Å². The summed E-state index contributed by atoms with van der Waals surface area (Å²) < 4.78 is 10.7. The average Bonchev–Trinajstić information content (AvgIpc) is 2.91.